The van der Waals surface area contributed by atoms with Crippen LogP contribution in [0, 0.1) is 5.92 Å². The van der Waals surface area contributed by atoms with Crippen LogP contribution < -0.4 is 5.32 Å². The van der Waals surface area contributed by atoms with Crippen molar-refractivity contribution in [1.29, 1.82) is 0 Å². The van der Waals surface area contributed by atoms with E-state index in [2.05, 4.69) is 5.32 Å². The van der Waals surface area contributed by atoms with Crippen molar-refractivity contribution in [3.8, 4) is 0 Å². The molecule has 0 saturated carbocycles. The van der Waals surface area contributed by atoms with Crippen LogP contribution in [0.1, 0.15) is 17.9 Å². The van der Waals surface area contributed by atoms with Crippen molar-refractivity contribution in [2.24, 2.45) is 5.92 Å². The fourth-order valence-corrected chi connectivity index (χ4v) is 2.59. The Morgan fingerprint density at radius 3 is 2.44 bits per heavy atom. The molecule has 1 aromatic carbocycles. The summed E-state index contributed by atoms with van der Waals surface area (Å²) in [6.07, 6.45) is -0.135. The third-order valence-electron chi connectivity index (χ3n) is 3.41. The molecule has 0 bridgehead atoms. The van der Waals surface area contributed by atoms with Gasteiger partial charge in [0, 0.05) is 18.4 Å². The summed E-state index contributed by atoms with van der Waals surface area (Å²) < 4.78 is 0. The molecule has 5 heteroatoms. The van der Waals surface area contributed by atoms with Gasteiger partial charge in [-0.05, 0) is 5.56 Å². The molecule has 1 saturated heterocycles. The predicted octanol–water partition coefficient (Wildman–Crippen LogP) is 0.917. The quantitative estimate of drug-likeness (QED) is 0.738. The van der Waals surface area contributed by atoms with Crippen molar-refractivity contribution >= 4 is 11.9 Å². The molecule has 0 aliphatic carbocycles. The number of nitrogens with one attached hydrogen (secondary N) is 1. The van der Waals surface area contributed by atoms with Gasteiger partial charge in [0.15, 0.2) is 0 Å². The summed E-state index contributed by atoms with van der Waals surface area (Å²) in [5.41, 5.74) is 0.986. The topological polar surface area (TPSA) is 86.6 Å². The average molecular weight is 249 g/mol. The SMILES string of the molecule is O=C(O)C[C@@H]1[C@@H](C(=O)O)NC[C@H]1c1ccccc1. The molecule has 0 radical (unpaired) electrons. The minimum Gasteiger partial charge on any atom is -0.481 e. The molecule has 0 unspecified atom stereocenters. The molecule has 5 nitrogen and oxygen atoms in total. The molecule has 18 heavy (non-hydrogen) atoms. The van der Waals surface area contributed by atoms with Crippen LogP contribution in [0.3, 0.4) is 0 Å². The monoisotopic (exact) mass is 249 g/mol. The van der Waals surface area contributed by atoms with E-state index in [1.54, 1.807) is 0 Å². The van der Waals surface area contributed by atoms with Crippen molar-refractivity contribution in [1.82, 2.24) is 5.32 Å². The van der Waals surface area contributed by atoms with E-state index < -0.39 is 23.9 Å². The fourth-order valence-electron chi connectivity index (χ4n) is 2.59. The number of carboxylic acids is 2. The van der Waals surface area contributed by atoms with Crippen LogP contribution >= 0.6 is 0 Å². The van der Waals surface area contributed by atoms with Gasteiger partial charge in [0.2, 0.25) is 0 Å². The summed E-state index contributed by atoms with van der Waals surface area (Å²) in [5.74, 6) is -2.43. The third kappa shape index (κ3) is 2.51. The fraction of sp³-hybridized carbons (Fsp3) is 0.385. The normalized spacial score (nSPS) is 27.0. The maximum Gasteiger partial charge on any atom is 0.321 e. The van der Waals surface area contributed by atoms with E-state index in [1.165, 1.54) is 0 Å². The van der Waals surface area contributed by atoms with Crippen LogP contribution in [-0.4, -0.2) is 34.7 Å². The van der Waals surface area contributed by atoms with E-state index >= 15 is 0 Å². The number of benzene rings is 1. The predicted molar refractivity (Wildman–Crippen MR) is 64.4 cm³/mol. The lowest BCUT2D eigenvalue weighted by molar-refractivity contribution is -0.142. The van der Waals surface area contributed by atoms with E-state index in [0.29, 0.717) is 6.54 Å². The molecule has 3 atom stereocenters. The highest BCUT2D eigenvalue weighted by atomic mass is 16.4. The first kappa shape index (κ1) is 12.6. The summed E-state index contributed by atoms with van der Waals surface area (Å²) >= 11 is 0. The van der Waals surface area contributed by atoms with Gasteiger partial charge < -0.3 is 15.5 Å². The van der Waals surface area contributed by atoms with E-state index in [-0.39, 0.29) is 12.3 Å². The van der Waals surface area contributed by atoms with E-state index in [1.807, 2.05) is 30.3 Å². The Labute approximate surface area is 104 Å². The molecular weight excluding hydrogens is 234 g/mol. The summed E-state index contributed by atoms with van der Waals surface area (Å²) in [7, 11) is 0. The molecule has 1 aromatic rings. The van der Waals surface area contributed by atoms with Gasteiger partial charge in [0.25, 0.3) is 0 Å². The van der Waals surface area contributed by atoms with Gasteiger partial charge in [0.1, 0.15) is 6.04 Å². The minimum absolute atomic E-state index is 0.0663. The highest BCUT2D eigenvalue weighted by Crippen LogP contribution is 2.34. The Morgan fingerprint density at radius 2 is 1.89 bits per heavy atom. The molecule has 1 aliphatic heterocycles. The van der Waals surface area contributed by atoms with Crippen LogP contribution in [0.15, 0.2) is 30.3 Å². The Bertz CT molecular complexity index is 446. The van der Waals surface area contributed by atoms with Crippen LogP contribution in [0.2, 0.25) is 0 Å². The molecule has 3 N–H and O–H groups in total. The maximum absolute atomic E-state index is 11.1. The molecule has 96 valence electrons. The molecule has 0 aromatic heterocycles. The molecular formula is C13H15NO4. The van der Waals surface area contributed by atoms with E-state index in [9.17, 15) is 9.59 Å². The van der Waals surface area contributed by atoms with Crippen molar-refractivity contribution in [3.05, 3.63) is 35.9 Å². The van der Waals surface area contributed by atoms with Crippen molar-refractivity contribution in [2.45, 2.75) is 18.4 Å². The first-order chi connectivity index (χ1) is 8.59. The third-order valence-corrected chi connectivity index (χ3v) is 3.41. The first-order valence-corrected chi connectivity index (χ1v) is 5.82. The smallest absolute Gasteiger partial charge is 0.321 e. The van der Waals surface area contributed by atoms with E-state index in [0.717, 1.165) is 5.56 Å². The lowest BCUT2D eigenvalue weighted by atomic mass is 9.83. The second-order valence-corrected chi connectivity index (χ2v) is 4.50. The zero-order valence-corrected chi connectivity index (χ0v) is 9.74. The summed E-state index contributed by atoms with van der Waals surface area (Å²) in [6.45, 7) is 0.499. The molecule has 1 aliphatic rings. The summed E-state index contributed by atoms with van der Waals surface area (Å²) in [6, 6.07) is 8.66. The lowest BCUT2D eigenvalue weighted by Crippen LogP contribution is -2.36. The second-order valence-electron chi connectivity index (χ2n) is 4.50. The van der Waals surface area contributed by atoms with Crippen LogP contribution in [-0.2, 0) is 9.59 Å². The number of hydrogen-bond acceptors (Lipinski definition) is 3. The second kappa shape index (κ2) is 5.18. The minimum atomic E-state index is -0.986. The molecule has 0 spiro atoms. The number of aliphatic carboxylic acids is 2. The molecule has 2 rings (SSSR count). The molecule has 1 fully saturated rings. The maximum atomic E-state index is 11.1. The first-order valence-electron chi connectivity index (χ1n) is 5.82. The average Bonchev–Trinajstić information content (AvgIpc) is 2.73. The number of carboxylic acid groups (broad SMARTS) is 2. The van der Waals surface area contributed by atoms with Gasteiger partial charge in [-0.25, -0.2) is 0 Å². The number of hydrogen-bond donors (Lipinski definition) is 3. The largest absolute Gasteiger partial charge is 0.481 e. The summed E-state index contributed by atoms with van der Waals surface area (Å²) in [4.78, 5) is 22.0. The Morgan fingerprint density at radius 1 is 1.22 bits per heavy atom. The Balaban J connectivity index is 2.24. The van der Waals surface area contributed by atoms with Gasteiger partial charge in [0.05, 0.1) is 6.42 Å². The van der Waals surface area contributed by atoms with E-state index in [4.69, 9.17) is 10.2 Å². The summed E-state index contributed by atoms with van der Waals surface area (Å²) in [5, 5.41) is 20.9. The van der Waals surface area contributed by atoms with Crippen LogP contribution in [0.5, 0.6) is 0 Å². The number of carbonyl (C=O) groups is 2. The van der Waals surface area contributed by atoms with Gasteiger partial charge in [-0.1, -0.05) is 30.3 Å². The zero-order valence-electron chi connectivity index (χ0n) is 9.74. The van der Waals surface area contributed by atoms with Crippen molar-refractivity contribution < 1.29 is 19.8 Å². The van der Waals surface area contributed by atoms with Gasteiger partial charge in [-0.3, -0.25) is 9.59 Å². The van der Waals surface area contributed by atoms with Crippen LogP contribution in [0.4, 0.5) is 0 Å². The van der Waals surface area contributed by atoms with Crippen molar-refractivity contribution in [3.63, 3.8) is 0 Å². The van der Waals surface area contributed by atoms with Crippen molar-refractivity contribution in [2.75, 3.05) is 6.54 Å². The molecule has 1 heterocycles. The Hall–Kier alpha value is -1.88. The van der Waals surface area contributed by atoms with Gasteiger partial charge in [-0.15, -0.1) is 0 Å². The highest BCUT2D eigenvalue weighted by molar-refractivity contribution is 5.76. The van der Waals surface area contributed by atoms with Gasteiger partial charge in [-0.2, -0.15) is 0 Å². The highest BCUT2D eigenvalue weighted by Gasteiger charge is 2.41. The zero-order chi connectivity index (χ0) is 13.1. The Kier molecular flexibility index (Phi) is 3.62. The number of rotatable bonds is 4. The molecule has 0 amide bonds. The standard InChI is InChI=1S/C13H15NO4/c15-11(16)6-9-10(7-14-12(9)13(17)18)8-4-2-1-3-5-8/h1-5,9-10,12,14H,6-7H2,(H,15,16)(H,17,18)/t9-,10-,12-/m0/s1. The van der Waals surface area contributed by atoms with Gasteiger partial charge >= 0.3 is 11.9 Å². The lowest BCUT2D eigenvalue weighted by Gasteiger charge is -2.20. The van der Waals surface area contributed by atoms with Crippen LogP contribution in [0.25, 0.3) is 0 Å².